The molecule has 210 valence electrons. The second-order valence-electron chi connectivity index (χ2n) is 11.2. The number of nitrogens with one attached hydrogen (secondary N) is 3. The van der Waals surface area contributed by atoms with Crippen molar-refractivity contribution < 1.29 is 18.7 Å². The molecule has 0 radical (unpaired) electrons. The maximum Gasteiger partial charge on any atom is 0.242 e. The number of amides is 2. The highest BCUT2D eigenvalue weighted by molar-refractivity contribution is 6.31. The van der Waals surface area contributed by atoms with Gasteiger partial charge in [-0.2, -0.15) is 0 Å². The normalized spacial score (nSPS) is 19.3. The molecule has 1 aliphatic rings. The molecule has 0 aliphatic carbocycles. The van der Waals surface area contributed by atoms with Crippen LogP contribution in [0.15, 0.2) is 42.5 Å². The summed E-state index contributed by atoms with van der Waals surface area (Å²) >= 11 is 6.43. The lowest BCUT2D eigenvalue weighted by Crippen LogP contribution is -2.55. The number of nitrogens with zero attached hydrogens (tertiary/aromatic N) is 1. The van der Waals surface area contributed by atoms with Gasteiger partial charge in [-0.1, -0.05) is 49.7 Å². The number of H-pyrrole nitrogens is 1. The van der Waals surface area contributed by atoms with Gasteiger partial charge in [-0.3, -0.25) is 9.59 Å². The Hall–Kier alpha value is -2.97. The molecule has 4 rings (SSSR count). The smallest absolute Gasteiger partial charge is 0.242 e. The average molecular weight is 557 g/mol. The lowest BCUT2D eigenvalue weighted by atomic mass is 9.78. The van der Waals surface area contributed by atoms with Gasteiger partial charge in [0.05, 0.1) is 23.1 Å². The second-order valence-corrected chi connectivity index (χ2v) is 11.6. The molecule has 2 amide bonds. The fourth-order valence-corrected chi connectivity index (χ4v) is 5.60. The van der Waals surface area contributed by atoms with Gasteiger partial charge in [0.15, 0.2) is 0 Å². The van der Waals surface area contributed by atoms with Crippen LogP contribution in [0.4, 0.5) is 4.39 Å². The molecule has 3 aromatic rings. The van der Waals surface area contributed by atoms with Gasteiger partial charge in [-0.05, 0) is 62.4 Å². The Labute approximate surface area is 234 Å². The number of fused-ring (bicyclic) bond motifs is 1. The zero-order valence-corrected chi connectivity index (χ0v) is 24.0. The summed E-state index contributed by atoms with van der Waals surface area (Å²) < 4.78 is 21.1. The molecule has 1 aliphatic heterocycles. The maximum atomic E-state index is 15.3. The van der Waals surface area contributed by atoms with Crippen LogP contribution < -0.4 is 10.6 Å². The number of imidazole rings is 1. The van der Waals surface area contributed by atoms with Gasteiger partial charge in [0.25, 0.3) is 0 Å². The average Bonchev–Trinajstić information content (AvgIpc) is 3.53. The van der Waals surface area contributed by atoms with Crippen LogP contribution in [-0.2, 0) is 26.2 Å². The van der Waals surface area contributed by atoms with Crippen molar-refractivity contribution in [3.8, 4) is 0 Å². The summed E-state index contributed by atoms with van der Waals surface area (Å²) in [6.07, 6.45) is 0.824. The van der Waals surface area contributed by atoms with Crippen LogP contribution in [0.2, 0.25) is 5.02 Å². The largest absolute Gasteiger partial charge is 0.380 e. The third-order valence-electron chi connectivity index (χ3n) is 7.63. The number of hydrogen-bond acceptors (Lipinski definition) is 4. The zero-order valence-electron chi connectivity index (χ0n) is 23.2. The molecule has 7 nitrogen and oxygen atoms in total. The molecule has 1 aromatic heterocycles. The van der Waals surface area contributed by atoms with Gasteiger partial charge in [-0.15, -0.1) is 0 Å². The van der Waals surface area contributed by atoms with E-state index in [9.17, 15) is 9.59 Å². The lowest BCUT2D eigenvalue weighted by molar-refractivity contribution is -0.133. The highest BCUT2D eigenvalue weighted by atomic mass is 35.5. The first-order valence-corrected chi connectivity index (χ1v) is 13.9. The Balaban J connectivity index is 1.64. The zero-order chi connectivity index (χ0) is 28.4. The minimum Gasteiger partial charge on any atom is -0.380 e. The Morgan fingerprint density at radius 3 is 2.59 bits per heavy atom. The summed E-state index contributed by atoms with van der Waals surface area (Å²) in [4.78, 5) is 34.4. The quantitative estimate of drug-likeness (QED) is 0.319. The van der Waals surface area contributed by atoms with E-state index in [-0.39, 0.29) is 24.3 Å². The van der Waals surface area contributed by atoms with Crippen molar-refractivity contribution >= 4 is 34.4 Å². The van der Waals surface area contributed by atoms with Gasteiger partial charge >= 0.3 is 0 Å². The number of benzene rings is 2. The van der Waals surface area contributed by atoms with Gasteiger partial charge < -0.3 is 20.4 Å². The van der Waals surface area contributed by atoms with Crippen LogP contribution in [0, 0.1) is 5.92 Å². The molecule has 2 unspecified atom stereocenters. The monoisotopic (exact) mass is 556 g/mol. The van der Waals surface area contributed by atoms with Gasteiger partial charge in [0.2, 0.25) is 11.8 Å². The number of rotatable bonds is 10. The Morgan fingerprint density at radius 2 is 1.97 bits per heavy atom. The van der Waals surface area contributed by atoms with Crippen LogP contribution in [-0.4, -0.2) is 53.3 Å². The lowest BCUT2D eigenvalue weighted by Gasteiger charge is -2.30. The number of carbonyl (C=O) groups is 2. The molecule has 3 N–H and O–H groups in total. The topological polar surface area (TPSA) is 96.1 Å². The van der Waals surface area contributed by atoms with E-state index in [4.69, 9.17) is 21.3 Å². The summed E-state index contributed by atoms with van der Waals surface area (Å²) in [5.41, 5.74) is 0.529. The molecule has 39 heavy (non-hydrogen) atoms. The van der Waals surface area contributed by atoms with Gasteiger partial charge in [0, 0.05) is 30.5 Å². The van der Waals surface area contributed by atoms with Crippen LogP contribution in [0.5, 0.6) is 0 Å². The number of aromatic amines is 1. The number of hydrogen-bond donors (Lipinski definition) is 3. The van der Waals surface area contributed by atoms with E-state index < -0.39 is 23.0 Å². The summed E-state index contributed by atoms with van der Waals surface area (Å²) in [6, 6.07) is 12.3. The highest BCUT2D eigenvalue weighted by Gasteiger charge is 2.45. The van der Waals surface area contributed by atoms with Crippen molar-refractivity contribution in [3.05, 3.63) is 64.4 Å². The van der Waals surface area contributed by atoms with Gasteiger partial charge in [0.1, 0.15) is 17.5 Å². The van der Waals surface area contributed by atoms with Crippen molar-refractivity contribution in [2.75, 3.05) is 19.8 Å². The summed E-state index contributed by atoms with van der Waals surface area (Å²) in [5.74, 6) is -0.387. The number of aromatic nitrogens is 2. The van der Waals surface area contributed by atoms with Crippen LogP contribution >= 0.6 is 11.6 Å². The molecule has 2 aromatic carbocycles. The summed E-state index contributed by atoms with van der Waals surface area (Å²) in [5, 5.41) is 6.32. The molecule has 2 heterocycles. The Morgan fingerprint density at radius 1 is 1.23 bits per heavy atom. The number of likely N-dealkylation sites (N-methyl/N-ethyl adjacent to an activating group) is 1. The molecule has 1 saturated heterocycles. The van der Waals surface area contributed by atoms with E-state index in [1.807, 2.05) is 57.2 Å². The molecular weight excluding hydrogens is 519 g/mol. The fourth-order valence-electron chi connectivity index (χ4n) is 5.33. The summed E-state index contributed by atoms with van der Waals surface area (Å²) in [7, 11) is 0. The molecule has 1 fully saturated rings. The number of ether oxygens (including phenoxy) is 1. The third-order valence-corrected chi connectivity index (χ3v) is 7.98. The number of alkyl halides is 1. The molecule has 0 bridgehead atoms. The van der Waals surface area contributed by atoms with Crippen molar-refractivity contribution in [3.63, 3.8) is 0 Å². The predicted octanol–water partition coefficient (Wildman–Crippen LogP) is 5.23. The van der Waals surface area contributed by atoms with Crippen molar-refractivity contribution in [2.45, 2.75) is 70.5 Å². The fraction of sp³-hybridized carbons (Fsp3) is 0.500. The first-order chi connectivity index (χ1) is 18.5. The van der Waals surface area contributed by atoms with E-state index in [0.29, 0.717) is 36.8 Å². The van der Waals surface area contributed by atoms with Crippen molar-refractivity contribution in [1.29, 1.82) is 0 Å². The highest BCUT2D eigenvalue weighted by Crippen LogP contribution is 2.39. The Bertz CT molecular complexity index is 1330. The summed E-state index contributed by atoms with van der Waals surface area (Å²) in [6.45, 7) is 9.92. The van der Waals surface area contributed by atoms with E-state index in [1.165, 1.54) is 0 Å². The SMILES string of the molecule is CCNC(=O)[C@H](NC(=O)C1(c2ccc3nc(CC(c4ccccc4Cl)C(C)(C)F)[nH]c3c2)CCOC1)C(C)C. The number of halogens is 2. The van der Waals surface area contributed by atoms with E-state index in [1.54, 1.807) is 19.9 Å². The molecule has 3 atom stereocenters. The standard InChI is InChI=1S/C30H38ClFN4O3/c1-6-33-27(37)26(18(2)3)36-28(38)30(13-14-39-17-30)19-11-12-23-24(15-19)35-25(34-23)16-21(29(4,5)32)20-9-7-8-10-22(20)31/h7-12,15,18,21,26H,6,13-14,16-17H2,1-5H3,(H,33,37)(H,34,35)(H,36,38)/t21?,26-,30?/m1/s1. The van der Waals surface area contributed by atoms with E-state index in [0.717, 1.165) is 22.2 Å². The molecule has 9 heteroatoms. The molecule has 0 saturated carbocycles. The minimum atomic E-state index is -1.53. The minimum absolute atomic E-state index is 0.0802. The van der Waals surface area contributed by atoms with E-state index >= 15 is 4.39 Å². The Kier molecular flexibility index (Phi) is 8.66. The maximum absolute atomic E-state index is 15.3. The molecule has 0 spiro atoms. The predicted molar refractivity (Wildman–Crippen MR) is 152 cm³/mol. The van der Waals surface area contributed by atoms with Crippen LogP contribution in [0.3, 0.4) is 0 Å². The first kappa shape index (κ1) is 29.0. The third kappa shape index (κ3) is 6.12. The van der Waals surface area contributed by atoms with Gasteiger partial charge in [-0.25, -0.2) is 9.37 Å². The van der Waals surface area contributed by atoms with Crippen LogP contribution in [0.1, 0.15) is 63.9 Å². The second kappa shape index (κ2) is 11.6. The number of carbonyl (C=O) groups excluding carboxylic acids is 2. The van der Waals surface area contributed by atoms with Crippen LogP contribution in [0.25, 0.3) is 11.0 Å². The van der Waals surface area contributed by atoms with Crippen molar-refractivity contribution in [1.82, 2.24) is 20.6 Å². The van der Waals surface area contributed by atoms with E-state index in [2.05, 4.69) is 15.6 Å². The molecular formula is C30H38ClFN4O3. The van der Waals surface area contributed by atoms with Crippen molar-refractivity contribution in [2.24, 2.45) is 5.92 Å². The first-order valence-electron chi connectivity index (χ1n) is 13.5.